The average molecular weight is 351 g/mol. The highest BCUT2D eigenvalue weighted by molar-refractivity contribution is 5.90. The van der Waals surface area contributed by atoms with Gasteiger partial charge >= 0.3 is 0 Å². The van der Waals surface area contributed by atoms with Crippen molar-refractivity contribution in [1.29, 1.82) is 0 Å². The number of nitrogens with two attached hydrogens (primary N) is 1. The molecule has 0 spiro atoms. The van der Waals surface area contributed by atoms with Crippen molar-refractivity contribution in [2.75, 3.05) is 21.2 Å². The van der Waals surface area contributed by atoms with Crippen LogP contribution in [-0.2, 0) is 6.54 Å². The van der Waals surface area contributed by atoms with Gasteiger partial charge in [-0.1, -0.05) is 35.5 Å². The third-order valence-corrected chi connectivity index (χ3v) is 4.05. The monoisotopic (exact) mass is 351 g/mol. The molecule has 6 heteroatoms. The Bertz CT molecular complexity index is 914. The van der Waals surface area contributed by atoms with Crippen molar-refractivity contribution < 1.29 is 14.1 Å². The highest BCUT2D eigenvalue weighted by Gasteiger charge is 2.12. The predicted molar refractivity (Wildman–Crippen MR) is 99.8 cm³/mol. The zero-order chi connectivity index (χ0) is 18.7. The van der Waals surface area contributed by atoms with Crippen LogP contribution in [0.2, 0.25) is 0 Å². The molecular weight excluding hydrogens is 330 g/mol. The summed E-state index contributed by atoms with van der Waals surface area (Å²) in [6.07, 6.45) is 0. The zero-order valence-electron chi connectivity index (χ0n) is 15.0. The Kier molecular flexibility index (Phi) is 5.04. The molecule has 0 unspecified atom stereocenters. The number of carbonyl (C=O) groups excluding carboxylic acids is 1. The Balaban J connectivity index is 1.95. The molecule has 6 nitrogen and oxygen atoms in total. The Hall–Kier alpha value is -3.12. The molecule has 0 radical (unpaired) electrons. The van der Waals surface area contributed by atoms with Crippen molar-refractivity contribution in [3.8, 4) is 28.1 Å². The zero-order valence-corrected chi connectivity index (χ0v) is 15.0. The lowest BCUT2D eigenvalue weighted by molar-refractivity contribution is 0.0965. The molecule has 0 aliphatic rings. The van der Waals surface area contributed by atoms with Gasteiger partial charge in [-0.05, 0) is 42.9 Å². The second-order valence-electron chi connectivity index (χ2n) is 6.28. The molecule has 2 N–H and O–H groups in total. The first-order valence-corrected chi connectivity index (χ1v) is 8.17. The van der Waals surface area contributed by atoms with E-state index in [1.54, 1.807) is 13.2 Å². The summed E-state index contributed by atoms with van der Waals surface area (Å²) in [7, 11) is 5.74. The lowest BCUT2D eigenvalue weighted by Crippen LogP contribution is -2.11. The number of benzene rings is 2. The highest BCUT2D eigenvalue weighted by Crippen LogP contribution is 2.30. The van der Waals surface area contributed by atoms with Gasteiger partial charge in [0.25, 0.3) is 5.91 Å². The summed E-state index contributed by atoms with van der Waals surface area (Å²) in [6.45, 7) is 0.826. The van der Waals surface area contributed by atoms with E-state index in [1.165, 1.54) is 5.56 Å². The van der Waals surface area contributed by atoms with Gasteiger partial charge in [0.05, 0.1) is 7.11 Å². The van der Waals surface area contributed by atoms with E-state index in [0.29, 0.717) is 5.69 Å². The van der Waals surface area contributed by atoms with Gasteiger partial charge in [-0.2, -0.15) is 0 Å². The number of nitrogens with zero attached hydrogens (tertiary/aromatic N) is 2. The molecule has 0 atom stereocenters. The van der Waals surface area contributed by atoms with E-state index in [-0.39, 0.29) is 5.76 Å². The summed E-state index contributed by atoms with van der Waals surface area (Å²) in [4.78, 5) is 13.3. The van der Waals surface area contributed by atoms with Crippen LogP contribution in [-0.4, -0.2) is 37.2 Å². The van der Waals surface area contributed by atoms with Crippen LogP contribution in [0.15, 0.2) is 53.1 Å². The Labute approximate surface area is 152 Å². The van der Waals surface area contributed by atoms with Crippen LogP contribution in [0, 0.1) is 0 Å². The summed E-state index contributed by atoms with van der Waals surface area (Å²) >= 11 is 0. The number of primary amides is 1. The van der Waals surface area contributed by atoms with Crippen LogP contribution in [0.1, 0.15) is 16.1 Å². The van der Waals surface area contributed by atoms with E-state index >= 15 is 0 Å². The fraction of sp³-hybridized carbons (Fsp3) is 0.200. The standard InChI is InChI=1S/C20H21N3O3/c1-23(2)12-15-8-9-16(25-3)10-17(15)13-4-6-14(7-5-13)18-11-19(20(21)24)26-22-18/h4-11H,12H2,1-3H3,(H2,21,24). The summed E-state index contributed by atoms with van der Waals surface area (Å²) in [5, 5.41) is 3.89. The number of hydrogen-bond acceptors (Lipinski definition) is 5. The minimum Gasteiger partial charge on any atom is -0.497 e. The van der Waals surface area contributed by atoms with Crippen molar-refractivity contribution in [2.45, 2.75) is 6.54 Å². The quantitative estimate of drug-likeness (QED) is 0.738. The largest absolute Gasteiger partial charge is 0.497 e. The molecule has 0 aliphatic carbocycles. The van der Waals surface area contributed by atoms with Crippen LogP contribution in [0.3, 0.4) is 0 Å². The first-order chi connectivity index (χ1) is 12.5. The number of carbonyl (C=O) groups is 1. The molecule has 0 saturated carbocycles. The van der Waals surface area contributed by atoms with Crippen molar-refractivity contribution in [1.82, 2.24) is 10.1 Å². The molecule has 0 saturated heterocycles. The van der Waals surface area contributed by atoms with Crippen LogP contribution in [0.4, 0.5) is 0 Å². The van der Waals surface area contributed by atoms with Gasteiger partial charge < -0.3 is 19.9 Å². The minimum atomic E-state index is -0.634. The first-order valence-electron chi connectivity index (χ1n) is 8.17. The van der Waals surface area contributed by atoms with Crippen molar-refractivity contribution in [3.05, 3.63) is 59.9 Å². The number of hydrogen-bond donors (Lipinski definition) is 1. The number of methoxy groups -OCH3 is 1. The maximum Gasteiger partial charge on any atom is 0.287 e. The molecule has 3 rings (SSSR count). The lowest BCUT2D eigenvalue weighted by Gasteiger charge is -2.16. The SMILES string of the molecule is COc1ccc(CN(C)C)c(-c2ccc(-c3cc(C(N)=O)on3)cc2)c1. The fourth-order valence-corrected chi connectivity index (χ4v) is 2.78. The second-order valence-corrected chi connectivity index (χ2v) is 6.28. The van der Waals surface area contributed by atoms with E-state index < -0.39 is 5.91 Å². The molecule has 26 heavy (non-hydrogen) atoms. The van der Waals surface area contributed by atoms with E-state index in [9.17, 15) is 4.79 Å². The summed E-state index contributed by atoms with van der Waals surface area (Å²) in [6, 6.07) is 15.5. The fourth-order valence-electron chi connectivity index (χ4n) is 2.78. The first kappa shape index (κ1) is 17.7. The number of rotatable bonds is 6. The molecule has 1 heterocycles. The third kappa shape index (κ3) is 3.75. The van der Waals surface area contributed by atoms with Crippen molar-refractivity contribution in [3.63, 3.8) is 0 Å². The Morgan fingerprint density at radius 2 is 1.81 bits per heavy atom. The van der Waals surface area contributed by atoms with E-state index in [2.05, 4.69) is 16.1 Å². The molecule has 134 valence electrons. The Morgan fingerprint density at radius 3 is 2.38 bits per heavy atom. The average Bonchev–Trinajstić information content (AvgIpc) is 3.12. The third-order valence-electron chi connectivity index (χ3n) is 4.05. The van der Waals surface area contributed by atoms with Gasteiger partial charge in [-0.3, -0.25) is 4.79 Å². The van der Waals surface area contributed by atoms with Gasteiger partial charge in [0.1, 0.15) is 11.4 Å². The van der Waals surface area contributed by atoms with Crippen LogP contribution >= 0.6 is 0 Å². The Morgan fingerprint density at radius 1 is 1.12 bits per heavy atom. The van der Waals surface area contributed by atoms with Gasteiger partial charge in [0.15, 0.2) is 0 Å². The maximum absolute atomic E-state index is 11.1. The van der Waals surface area contributed by atoms with E-state index in [1.807, 2.05) is 50.5 Å². The number of amides is 1. The molecule has 1 aromatic heterocycles. The number of aromatic nitrogens is 1. The normalized spacial score (nSPS) is 10.9. The number of ether oxygens (including phenoxy) is 1. The topological polar surface area (TPSA) is 81.6 Å². The second kappa shape index (κ2) is 7.41. The molecule has 2 aromatic carbocycles. The van der Waals surface area contributed by atoms with E-state index in [0.717, 1.165) is 29.0 Å². The highest BCUT2D eigenvalue weighted by atomic mass is 16.5. The molecule has 0 fully saturated rings. The van der Waals surface area contributed by atoms with Gasteiger partial charge in [-0.25, -0.2) is 0 Å². The van der Waals surface area contributed by atoms with E-state index in [4.69, 9.17) is 15.0 Å². The molecule has 1 amide bonds. The van der Waals surface area contributed by atoms with Crippen LogP contribution in [0.5, 0.6) is 5.75 Å². The molecular formula is C20H21N3O3. The van der Waals surface area contributed by atoms with Crippen molar-refractivity contribution in [2.24, 2.45) is 5.73 Å². The summed E-state index contributed by atoms with van der Waals surface area (Å²) < 4.78 is 10.3. The van der Waals surface area contributed by atoms with Crippen LogP contribution < -0.4 is 10.5 Å². The minimum absolute atomic E-state index is 0.0464. The van der Waals surface area contributed by atoms with Crippen molar-refractivity contribution >= 4 is 5.91 Å². The van der Waals surface area contributed by atoms with Crippen LogP contribution in [0.25, 0.3) is 22.4 Å². The smallest absolute Gasteiger partial charge is 0.287 e. The predicted octanol–water partition coefficient (Wildman–Crippen LogP) is 3.18. The summed E-state index contributed by atoms with van der Waals surface area (Å²) in [5.41, 5.74) is 10.0. The molecule has 0 bridgehead atoms. The summed E-state index contributed by atoms with van der Waals surface area (Å²) in [5.74, 6) is 0.226. The van der Waals surface area contributed by atoms with Gasteiger partial charge in [-0.15, -0.1) is 0 Å². The lowest BCUT2D eigenvalue weighted by atomic mass is 9.97. The van der Waals surface area contributed by atoms with Gasteiger partial charge in [0.2, 0.25) is 5.76 Å². The molecule has 3 aromatic rings. The maximum atomic E-state index is 11.1. The van der Waals surface area contributed by atoms with Gasteiger partial charge in [0, 0.05) is 18.2 Å². The molecule has 0 aliphatic heterocycles.